The summed E-state index contributed by atoms with van der Waals surface area (Å²) in [5.74, 6) is -0.364. The Bertz CT molecular complexity index is 154. The molecule has 1 atom stereocenters. The topological polar surface area (TPSA) is 59.0 Å². The van der Waals surface area contributed by atoms with E-state index in [0.717, 1.165) is 6.42 Å². The number of hydrogen-bond acceptors (Lipinski definition) is 5. The van der Waals surface area contributed by atoms with Crippen molar-refractivity contribution in [2.45, 2.75) is 18.9 Å². The fourth-order valence-corrected chi connectivity index (χ4v) is 1.21. The van der Waals surface area contributed by atoms with Gasteiger partial charge < -0.3 is 4.74 Å². The lowest BCUT2D eigenvalue weighted by Crippen LogP contribution is -2.36. The van der Waals surface area contributed by atoms with E-state index < -0.39 is 6.04 Å². The second kappa shape index (κ2) is 5.31. The molecule has 0 aliphatic carbocycles. The van der Waals surface area contributed by atoms with Gasteiger partial charge in [-0.2, -0.15) is 0 Å². The summed E-state index contributed by atoms with van der Waals surface area (Å²) in [5.41, 5.74) is 0. The molecule has 72 valence electrons. The first kappa shape index (κ1) is 11.6. The molecule has 0 saturated carbocycles. The number of carbonyl (C=O) groups excluding carboxylic acids is 1. The third-order valence-corrected chi connectivity index (χ3v) is 1.78. The third kappa shape index (κ3) is 2.31. The van der Waals surface area contributed by atoms with Gasteiger partial charge >= 0.3 is 5.97 Å². The summed E-state index contributed by atoms with van der Waals surface area (Å²) in [4.78, 5) is 14.9. The van der Waals surface area contributed by atoms with Gasteiger partial charge in [0, 0.05) is 6.54 Å². The van der Waals surface area contributed by atoms with Crippen LogP contribution in [-0.4, -0.2) is 36.0 Å². The van der Waals surface area contributed by atoms with Crippen LogP contribution in [0.4, 0.5) is 0 Å². The minimum Gasteiger partial charge on any atom is -0.468 e. The van der Waals surface area contributed by atoms with Crippen LogP contribution in [0.5, 0.6) is 0 Å². The standard InChI is InChI=1S/C6H11NO4.ClH/c1-10-6(8)5-3-2-4-7(5)11-9;/h5,9H,2-4H2,1H3;1H/t5-;/m1./s1. The van der Waals surface area contributed by atoms with Gasteiger partial charge in [0.05, 0.1) is 7.11 Å². The van der Waals surface area contributed by atoms with Crippen LogP contribution in [0.25, 0.3) is 0 Å². The van der Waals surface area contributed by atoms with Crippen LogP contribution in [-0.2, 0) is 14.5 Å². The van der Waals surface area contributed by atoms with Crippen molar-refractivity contribution in [1.82, 2.24) is 5.06 Å². The van der Waals surface area contributed by atoms with Crippen LogP contribution in [0.1, 0.15) is 12.8 Å². The van der Waals surface area contributed by atoms with E-state index >= 15 is 0 Å². The van der Waals surface area contributed by atoms with Gasteiger partial charge in [-0.3, -0.25) is 4.79 Å². The summed E-state index contributed by atoms with van der Waals surface area (Å²) in [7, 11) is 1.32. The number of carbonyl (C=O) groups is 1. The zero-order valence-electron chi connectivity index (χ0n) is 6.73. The minimum absolute atomic E-state index is 0. The Morgan fingerprint density at radius 3 is 2.83 bits per heavy atom. The van der Waals surface area contributed by atoms with Crippen molar-refractivity contribution < 1.29 is 19.8 Å². The Balaban J connectivity index is 0.00000121. The fraction of sp³-hybridized carbons (Fsp3) is 0.833. The molecule has 5 nitrogen and oxygen atoms in total. The molecular weight excluding hydrogens is 186 g/mol. The highest BCUT2D eigenvalue weighted by Crippen LogP contribution is 2.17. The molecule has 12 heavy (non-hydrogen) atoms. The lowest BCUT2D eigenvalue weighted by atomic mass is 10.2. The lowest BCUT2D eigenvalue weighted by Gasteiger charge is -2.16. The Labute approximate surface area is 76.5 Å². The second-order valence-electron chi connectivity index (χ2n) is 2.40. The Kier molecular flexibility index (Phi) is 5.16. The average Bonchev–Trinajstić information content (AvgIpc) is 2.50. The first-order valence-corrected chi connectivity index (χ1v) is 3.45. The number of hydroxylamine groups is 2. The highest BCUT2D eigenvalue weighted by molar-refractivity contribution is 5.85. The number of halogens is 1. The Hall–Kier alpha value is -0.360. The minimum atomic E-state index is -0.440. The van der Waals surface area contributed by atoms with Crippen molar-refractivity contribution >= 4 is 18.4 Å². The molecule has 0 radical (unpaired) electrons. The molecule has 6 heteroatoms. The van der Waals surface area contributed by atoms with E-state index in [1.807, 2.05) is 0 Å². The van der Waals surface area contributed by atoms with Gasteiger partial charge in [0.1, 0.15) is 6.04 Å². The quantitative estimate of drug-likeness (QED) is 0.396. The third-order valence-electron chi connectivity index (χ3n) is 1.78. The summed E-state index contributed by atoms with van der Waals surface area (Å²) in [6.07, 6.45) is 1.51. The van der Waals surface area contributed by atoms with Gasteiger partial charge in [0.25, 0.3) is 0 Å². The maximum absolute atomic E-state index is 10.9. The van der Waals surface area contributed by atoms with E-state index in [2.05, 4.69) is 9.73 Å². The average molecular weight is 198 g/mol. The maximum Gasteiger partial charge on any atom is 0.325 e. The van der Waals surface area contributed by atoms with Gasteiger partial charge in [0.2, 0.25) is 0 Å². The van der Waals surface area contributed by atoms with Gasteiger partial charge in [-0.05, 0) is 12.8 Å². The Morgan fingerprint density at radius 2 is 2.33 bits per heavy atom. The van der Waals surface area contributed by atoms with E-state index in [0.29, 0.717) is 13.0 Å². The molecule has 0 bridgehead atoms. The molecule has 1 N–H and O–H groups in total. The van der Waals surface area contributed by atoms with Crippen molar-refractivity contribution in [3.05, 3.63) is 0 Å². The smallest absolute Gasteiger partial charge is 0.325 e. The molecule has 1 aliphatic heterocycles. The molecule has 1 rings (SSSR count). The molecule has 1 heterocycles. The molecule has 1 aliphatic rings. The summed E-state index contributed by atoms with van der Waals surface area (Å²) in [6.45, 7) is 0.566. The van der Waals surface area contributed by atoms with Crippen molar-refractivity contribution in [2.24, 2.45) is 0 Å². The van der Waals surface area contributed by atoms with Gasteiger partial charge in [0.15, 0.2) is 0 Å². The SMILES string of the molecule is COC(=O)[C@H]1CCCN1OO.Cl. The van der Waals surface area contributed by atoms with Crippen LogP contribution in [0.15, 0.2) is 0 Å². The molecule has 0 aromatic carbocycles. The fourth-order valence-electron chi connectivity index (χ4n) is 1.21. The summed E-state index contributed by atoms with van der Waals surface area (Å²) in [5, 5.41) is 9.51. The first-order valence-electron chi connectivity index (χ1n) is 3.45. The maximum atomic E-state index is 10.9. The predicted molar refractivity (Wildman–Crippen MR) is 42.7 cm³/mol. The van der Waals surface area contributed by atoms with Crippen LogP contribution >= 0.6 is 12.4 Å². The number of esters is 1. The van der Waals surface area contributed by atoms with Crippen LogP contribution in [0, 0.1) is 0 Å². The molecule has 1 saturated heterocycles. The summed E-state index contributed by atoms with van der Waals surface area (Å²) >= 11 is 0. The highest BCUT2D eigenvalue weighted by atomic mass is 35.5. The lowest BCUT2D eigenvalue weighted by molar-refractivity contribution is -0.398. The highest BCUT2D eigenvalue weighted by Gasteiger charge is 2.32. The van der Waals surface area contributed by atoms with E-state index in [9.17, 15) is 4.79 Å². The molecule has 0 aromatic heterocycles. The molecule has 0 unspecified atom stereocenters. The largest absolute Gasteiger partial charge is 0.468 e. The number of methoxy groups -OCH3 is 1. The zero-order valence-corrected chi connectivity index (χ0v) is 7.54. The summed E-state index contributed by atoms with van der Waals surface area (Å²) < 4.78 is 4.49. The van der Waals surface area contributed by atoms with Crippen molar-refractivity contribution in [3.63, 3.8) is 0 Å². The number of hydrogen-bond donors (Lipinski definition) is 1. The van der Waals surface area contributed by atoms with E-state index in [-0.39, 0.29) is 18.4 Å². The predicted octanol–water partition coefficient (Wildman–Crippen LogP) is 0.450. The second-order valence-corrected chi connectivity index (χ2v) is 2.40. The number of ether oxygens (including phenoxy) is 1. The van der Waals surface area contributed by atoms with Crippen molar-refractivity contribution in [3.8, 4) is 0 Å². The van der Waals surface area contributed by atoms with E-state index in [1.54, 1.807) is 0 Å². The number of rotatable bonds is 2. The van der Waals surface area contributed by atoms with Gasteiger partial charge in [-0.1, -0.05) is 0 Å². The van der Waals surface area contributed by atoms with Crippen molar-refractivity contribution in [2.75, 3.05) is 13.7 Å². The molecule has 0 amide bonds. The molecule has 0 aromatic rings. The van der Waals surface area contributed by atoms with Crippen LogP contribution in [0.2, 0.25) is 0 Å². The van der Waals surface area contributed by atoms with Crippen molar-refractivity contribution in [1.29, 1.82) is 0 Å². The van der Waals surface area contributed by atoms with E-state index in [4.69, 9.17) is 5.26 Å². The van der Waals surface area contributed by atoms with Gasteiger partial charge in [-0.15, -0.1) is 22.5 Å². The Morgan fingerprint density at radius 1 is 1.67 bits per heavy atom. The first-order chi connectivity index (χ1) is 5.29. The summed E-state index contributed by atoms with van der Waals surface area (Å²) in [6, 6.07) is -0.440. The molecule has 0 spiro atoms. The van der Waals surface area contributed by atoms with Crippen LogP contribution < -0.4 is 0 Å². The number of nitrogens with zero attached hydrogens (tertiary/aromatic N) is 1. The molecule has 1 fully saturated rings. The zero-order chi connectivity index (χ0) is 8.27. The monoisotopic (exact) mass is 197 g/mol. The van der Waals surface area contributed by atoms with Crippen LogP contribution in [0.3, 0.4) is 0 Å². The molecular formula is C6H12ClNO4. The normalized spacial score (nSPS) is 23.3. The van der Waals surface area contributed by atoms with E-state index in [1.165, 1.54) is 12.2 Å². The van der Waals surface area contributed by atoms with Gasteiger partial charge in [-0.25, -0.2) is 5.26 Å².